The molecule has 19 heavy (non-hydrogen) atoms. The van der Waals surface area contributed by atoms with Crippen LogP contribution in [0, 0.1) is 21.7 Å². The molecule has 0 fully saturated rings. The first-order valence-electron chi connectivity index (χ1n) is 5.49. The Morgan fingerprint density at radius 3 is 2.47 bits per heavy atom. The number of rotatable bonds is 4. The van der Waals surface area contributed by atoms with Crippen LogP contribution in [0.1, 0.15) is 5.56 Å². The summed E-state index contributed by atoms with van der Waals surface area (Å²) in [6.45, 7) is 0.241. The van der Waals surface area contributed by atoms with E-state index in [1.807, 2.05) is 6.07 Å². The molecule has 0 saturated carbocycles. The fourth-order valence-corrected chi connectivity index (χ4v) is 1.68. The van der Waals surface area contributed by atoms with Gasteiger partial charge in [-0.25, -0.2) is 4.39 Å². The zero-order chi connectivity index (χ0) is 13.8. The molecule has 0 heterocycles. The number of hydrogen-bond donors (Lipinski definition) is 1. The number of nitro benzene ring substituents is 1. The average molecular weight is 264 g/mol. The van der Waals surface area contributed by atoms with Gasteiger partial charge in [0.15, 0.2) is 0 Å². The molecule has 0 amide bonds. The van der Waals surface area contributed by atoms with Crippen molar-refractivity contribution in [3.63, 3.8) is 0 Å². The Morgan fingerprint density at radius 2 is 1.84 bits per heavy atom. The first-order chi connectivity index (χ1) is 9.08. The molecular formula is C13H10F2N2O2. The standard InChI is InChI=1S/C13H10F2N2O2/c14-10-6-11(15)13(17(18)19)12(7-10)16-8-9-4-2-1-3-5-9/h1-7,16H,8H2. The third kappa shape index (κ3) is 3.04. The van der Waals surface area contributed by atoms with Crippen LogP contribution in [0.2, 0.25) is 0 Å². The topological polar surface area (TPSA) is 55.2 Å². The van der Waals surface area contributed by atoms with Gasteiger partial charge in [0.2, 0.25) is 5.82 Å². The molecule has 1 N–H and O–H groups in total. The molecule has 98 valence electrons. The molecule has 0 bridgehead atoms. The fraction of sp³-hybridized carbons (Fsp3) is 0.0769. The number of benzene rings is 2. The van der Waals surface area contributed by atoms with Crippen LogP contribution in [0.25, 0.3) is 0 Å². The minimum atomic E-state index is -1.19. The second-order valence-electron chi connectivity index (χ2n) is 3.88. The minimum Gasteiger partial charge on any atom is -0.375 e. The van der Waals surface area contributed by atoms with Crippen molar-refractivity contribution in [2.75, 3.05) is 5.32 Å². The van der Waals surface area contributed by atoms with Crippen LogP contribution in [0.15, 0.2) is 42.5 Å². The van der Waals surface area contributed by atoms with E-state index in [4.69, 9.17) is 0 Å². The van der Waals surface area contributed by atoms with Gasteiger partial charge in [0.05, 0.1) is 4.92 Å². The van der Waals surface area contributed by atoms with Crippen LogP contribution in [0.3, 0.4) is 0 Å². The van der Waals surface area contributed by atoms with Crippen molar-refractivity contribution in [2.24, 2.45) is 0 Å². The molecule has 0 unspecified atom stereocenters. The number of nitrogens with one attached hydrogen (secondary N) is 1. The van der Waals surface area contributed by atoms with Gasteiger partial charge in [-0.1, -0.05) is 30.3 Å². The van der Waals surface area contributed by atoms with Gasteiger partial charge in [-0.05, 0) is 5.56 Å². The Balaban J connectivity index is 2.27. The maximum absolute atomic E-state index is 13.4. The smallest absolute Gasteiger partial charge is 0.327 e. The van der Waals surface area contributed by atoms with E-state index in [0.717, 1.165) is 11.6 Å². The van der Waals surface area contributed by atoms with Crippen molar-refractivity contribution < 1.29 is 13.7 Å². The molecule has 2 aromatic carbocycles. The number of nitro groups is 1. The molecule has 2 rings (SSSR count). The SMILES string of the molecule is O=[N+]([O-])c1c(F)cc(F)cc1NCc1ccccc1. The first kappa shape index (κ1) is 12.9. The molecule has 0 aliphatic rings. The number of hydrogen-bond acceptors (Lipinski definition) is 3. The Labute approximate surface area is 107 Å². The molecule has 4 nitrogen and oxygen atoms in total. The quantitative estimate of drug-likeness (QED) is 0.679. The van der Waals surface area contributed by atoms with E-state index in [2.05, 4.69) is 5.32 Å². The number of anilines is 1. The van der Waals surface area contributed by atoms with E-state index in [0.29, 0.717) is 6.07 Å². The van der Waals surface area contributed by atoms with E-state index < -0.39 is 22.2 Å². The molecule has 0 aliphatic heterocycles. The Hall–Kier alpha value is -2.50. The van der Waals surface area contributed by atoms with E-state index in [9.17, 15) is 18.9 Å². The highest BCUT2D eigenvalue weighted by molar-refractivity contribution is 5.62. The molecule has 0 radical (unpaired) electrons. The molecule has 0 aromatic heterocycles. The lowest BCUT2D eigenvalue weighted by atomic mass is 10.2. The molecule has 0 spiro atoms. The summed E-state index contributed by atoms with van der Waals surface area (Å²) in [6, 6.07) is 10.4. The van der Waals surface area contributed by atoms with Crippen LogP contribution < -0.4 is 5.32 Å². The molecule has 6 heteroatoms. The molecular weight excluding hydrogens is 254 g/mol. The third-order valence-electron chi connectivity index (χ3n) is 2.54. The summed E-state index contributed by atoms with van der Waals surface area (Å²) in [5.74, 6) is -2.06. The van der Waals surface area contributed by atoms with E-state index >= 15 is 0 Å². The van der Waals surface area contributed by atoms with Crippen molar-refractivity contribution in [2.45, 2.75) is 6.54 Å². The highest BCUT2D eigenvalue weighted by atomic mass is 19.1. The monoisotopic (exact) mass is 264 g/mol. The van der Waals surface area contributed by atoms with Gasteiger partial charge in [-0.15, -0.1) is 0 Å². The van der Waals surface area contributed by atoms with Gasteiger partial charge in [0, 0.05) is 18.7 Å². The predicted molar refractivity (Wildman–Crippen MR) is 66.8 cm³/mol. The molecule has 0 atom stereocenters. The highest BCUT2D eigenvalue weighted by Gasteiger charge is 2.21. The summed E-state index contributed by atoms with van der Waals surface area (Å²) in [5, 5.41) is 13.4. The zero-order valence-corrected chi connectivity index (χ0v) is 9.77. The first-order valence-corrected chi connectivity index (χ1v) is 5.49. The van der Waals surface area contributed by atoms with Gasteiger partial charge in [0.25, 0.3) is 0 Å². The normalized spacial score (nSPS) is 10.2. The maximum atomic E-state index is 13.4. The fourth-order valence-electron chi connectivity index (χ4n) is 1.68. The van der Waals surface area contributed by atoms with Crippen molar-refractivity contribution in [1.82, 2.24) is 0 Å². The van der Waals surface area contributed by atoms with Crippen LogP contribution >= 0.6 is 0 Å². The lowest BCUT2D eigenvalue weighted by molar-refractivity contribution is -0.386. The molecule has 0 saturated heterocycles. The Morgan fingerprint density at radius 1 is 1.16 bits per heavy atom. The van der Waals surface area contributed by atoms with E-state index in [1.54, 1.807) is 24.3 Å². The van der Waals surface area contributed by atoms with Crippen LogP contribution in [-0.2, 0) is 6.54 Å². The van der Waals surface area contributed by atoms with Crippen LogP contribution in [0.5, 0.6) is 0 Å². The molecule has 0 aliphatic carbocycles. The lowest BCUT2D eigenvalue weighted by Crippen LogP contribution is -2.05. The van der Waals surface area contributed by atoms with Gasteiger partial charge in [-0.2, -0.15) is 4.39 Å². The van der Waals surface area contributed by atoms with Gasteiger partial charge >= 0.3 is 5.69 Å². The summed E-state index contributed by atoms with van der Waals surface area (Å²) in [7, 11) is 0. The van der Waals surface area contributed by atoms with Crippen molar-refractivity contribution in [1.29, 1.82) is 0 Å². The van der Waals surface area contributed by atoms with Crippen molar-refractivity contribution in [3.8, 4) is 0 Å². The second kappa shape index (κ2) is 5.43. The average Bonchev–Trinajstić information content (AvgIpc) is 2.36. The van der Waals surface area contributed by atoms with E-state index in [-0.39, 0.29) is 12.2 Å². The van der Waals surface area contributed by atoms with Crippen LogP contribution in [-0.4, -0.2) is 4.92 Å². The summed E-state index contributed by atoms with van der Waals surface area (Å²) in [4.78, 5) is 9.90. The summed E-state index contributed by atoms with van der Waals surface area (Å²) in [6.07, 6.45) is 0. The second-order valence-corrected chi connectivity index (χ2v) is 3.88. The molecule has 2 aromatic rings. The van der Waals surface area contributed by atoms with Crippen molar-refractivity contribution in [3.05, 3.63) is 69.8 Å². The Bertz CT molecular complexity index is 603. The summed E-state index contributed by atoms with van der Waals surface area (Å²) < 4.78 is 26.5. The van der Waals surface area contributed by atoms with Gasteiger partial charge < -0.3 is 5.32 Å². The maximum Gasteiger partial charge on any atom is 0.327 e. The van der Waals surface area contributed by atoms with Gasteiger partial charge in [-0.3, -0.25) is 10.1 Å². The van der Waals surface area contributed by atoms with Crippen molar-refractivity contribution >= 4 is 11.4 Å². The number of halogens is 2. The predicted octanol–water partition coefficient (Wildman–Crippen LogP) is 3.49. The third-order valence-corrected chi connectivity index (χ3v) is 2.54. The largest absolute Gasteiger partial charge is 0.375 e. The Kier molecular flexibility index (Phi) is 3.70. The van der Waals surface area contributed by atoms with E-state index in [1.165, 1.54) is 0 Å². The zero-order valence-electron chi connectivity index (χ0n) is 9.77. The minimum absolute atomic E-state index is 0.175. The van der Waals surface area contributed by atoms with Crippen LogP contribution in [0.4, 0.5) is 20.2 Å². The highest BCUT2D eigenvalue weighted by Crippen LogP contribution is 2.29. The van der Waals surface area contributed by atoms with Gasteiger partial charge in [0.1, 0.15) is 11.5 Å². The summed E-state index contributed by atoms with van der Waals surface area (Å²) >= 11 is 0. The lowest BCUT2D eigenvalue weighted by Gasteiger charge is -2.08. The summed E-state index contributed by atoms with van der Waals surface area (Å²) in [5.41, 5.74) is -0.0786. The number of nitrogens with zero attached hydrogens (tertiary/aromatic N) is 1.